The number of rotatable bonds is 7. The van der Waals surface area contributed by atoms with Crippen LogP contribution in [0.4, 0.5) is 0 Å². The molecular formula is C16H30N2O3. The van der Waals surface area contributed by atoms with Crippen LogP contribution in [0.5, 0.6) is 0 Å². The van der Waals surface area contributed by atoms with E-state index < -0.39 is 11.6 Å². The van der Waals surface area contributed by atoms with Crippen LogP contribution in [0.15, 0.2) is 0 Å². The van der Waals surface area contributed by atoms with E-state index in [1.807, 2.05) is 13.8 Å². The van der Waals surface area contributed by atoms with Gasteiger partial charge in [-0.15, -0.1) is 0 Å². The first-order chi connectivity index (χ1) is 9.70. The SMILES string of the molecule is CCC(C)C1C(=O)NC(C)(C)C(=O)N1CCOCC(C)C. The lowest BCUT2D eigenvalue weighted by molar-refractivity contribution is -0.156. The van der Waals surface area contributed by atoms with Crippen LogP contribution >= 0.6 is 0 Å². The van der Waals surface area contributed by atoms with Gasteiger partial charge in [0, 0.05) is 13.2 Å². The molecule has 0 aromatic rings. The molecule has 2 amide bonds. The molecule has 1 N–H and O–H groups in total. The molecule has 0 bridgehead atoms. The highest BCUT2D eigenvalue weighted by Crippen LogP contribution is 2.24. The third-order valence-corrected chi connectivity index (χ3v) is 3.95. The molecule has 21 heavy (non-hydrogen) atoms. The van der Waals surface area contributed by atoms with E-state index in [0.29, 0.717) is 25.7 Å². The predicted molar refractivity (Wildman–Crippen MR) is 82.8 cm³/mol. The summed E-state index contributed by atoms with van der Waals surface area (Å²) < 4.78 is 5.59. The summed E-state index contributed by atoms with van der Waals surface area (Å²) in [7, 11) is 0. The maximum Gasteiger partial charge on any atom is 0.248 e. The van der Waals surface area contributed by atoms with Crippen molar-refractivity contribution in [1.29, 1.82) is 0 Å². The highest BCUT2D eigenvalue weighted by atomic mass is 16.5. The predicted octanol–water partition coefficient (Wildman–Crippen LogP) is 1.81. The van der Waals surface area contributed by atoms with Gasteiger partial charge in [-0.3, -0.25) is 9.59 Å². The molecule has 0 aliphatic carbocycles. The van der Waals surface area contributed by atoms with Crippen LogP contribution in [0.2, 0.25) is 0 Å². The second kappa shape index (κ2) is 7.25. The van der Waals surface area contributed by atoms with Crippen molar-refractivity contribution in [2.24, 2.45) is 11.8 Å². The fourth-order valence-corrected chi connectivity index (χ4v) is 2.57. The first-order valence-corrected chi connectivity index (χ1v) is 7.91. The van der Waals surface area contributed by atoms with Crippen LogP contribution in [0, 0.1) is 11.8 Å². The van der Waals surface area contributed by atoms with Crippen LogP contribution in [0.1, 0.15) is 48.0 Å². The van der Waals surface area contributed by atoms with E-state index in [-0.39, 0.29) is 17.7 Å². The Hall–Kier alpha value is -1.10. The number of hydrogen-bond donors (Lipinski definition) is 1. The second-order valence-electron chi connectivity index (χ2n) is 6.91. The number of carbonyl (C=O) groups is 2. The molecule has 0 aromatic carbocycles. The Morgan fingerprint density at radius 2 is 1.90 bits per heavy atom. The molecule has 1 rings (SSSR count). The number of nitrogens with zero attached hydrogens (tertiary/aromatic N) is 1. The Kier molecular flexibility index (Phi) is 6.20. The number of ether oxygens (including phenoxy) is 1. The van der Waals surface area contributed by atoms with Gasteiger partial charge >= 0.3 is 0 Å². The minimum atomic E-state index is -0.834. The standard InChI is InChI=1S/C16H30N2O3/c1-7-12(4)13-14(19)17-16(5,6)15(20)18(13)8-9-21-10-11(2)3/h11-13H,7-10H2,1-6H3,(H,17,19). The quantitative estimate of drug-likeness (QED) is 0.729. The highest BCUT2D eigenvalue weighted by Gasteiger charge is 2.46. The van der Waals surface area contributed by atoms with Crippen molar-refractivity contribution in [3.05, 3.63) is 0 Å². The Morgan fingerprint density at radius 1 is 1.29 bits per heavy atom. The van der Waals surface area contributed by atoms with E-state index in [0.717, 1.165) is 6.42 Å². The van der Waals surface area contributed by atoms with Gasteiger partial charge in [-0.05, 0) is 25.7 Å². The van der Waals surface area contributed by atoms with E-state index >= 15 is 0 Å². The highest BCUT2D eigenvalue weighted by molar-refractivity contribution is 5.99. The summed E-state index contributed by atoms with van der Waals surface area (Å²) in [5.74, 6) is 0.515. The number of hydrogen-bond acceptors (Lipinski definition) is 3. The lowest BCUT2D eigenvalue weighted by Gasteiger charge is -2.44. The van der Waals surface area contributed by atoms with Gasteiger partial charge < -0.3 is 15.0 Å². The molecule has 5 nitrogen and oxygen atoms in total. The van der Waals surface area contributed by atoms with E-state index in [4.69, 9.17) is 4.74 Å². The van der Waals surface area contributed by atoms with Crippen molar-refractivity contribution in [1.82, 2.24) is 10.2 Å². The van der Waals surface area contributed by atoms with Gasteiger partial charge in [0.15, 0.2) is 0 Å². The molecule has 0 aromatic heterocycles. The zero-order valence-electron chi connectivity index (χ0n) is 14.2. The summed E-state index contributed by atoms with van der Waals surface area (Å²) in [5.41, 5.74) is -0.834. The number of carbonyl (C=O) groups excluding carboxylic acids is 2. The molecule has 0 spiro atoms. The van der Waals surface area contributed by atoms with Crippen molar-refractivity contribution >= 4 is 11.8 Å². The molecule has 1 aliphatic heterocycles. The zero-order valence-corrected chi connectivity index (χ0v) is 14.2. The van der Waals surface area contributed by atoms with Gasteiger partial charge in [0.2, 0.25) is 11.8 Å². The van der Waals surface area contributed by atoms with Gasteiger partial charge in [-0.2, -0.15) is 0 Å². The van der Waals surface area contributed by atoms with E-state index in [1.54, 1.807) is 18.7 Å². The summed E-state index contributed by atoms with van der Waals surface area (Å²) >= 11 is 0. The van der Waals surface area contributed by atoms with Gasteiger partial charge in [0.1, 0.15) is 11.6 Å². The number of amides is 2. The molecule has 0 saturated carbocycles. The summed E-state index contributed by atoms with van der Waals surface area (Å²) in [4.78, 5) is 26.7. The summed E-state index contributed by atoms with van der Waals surface area (Å²) in [6, 6.07) is -0.391. The molecule has 2 atom stereocenters. The fourth-order valence-electron chi connectivity index (χ4n) is 2.57. The Labute approximate surface area is 128 Å². The normalized spacial score (nSPS) is 23.4. The summed E-state index contributed by atoms with van der Waals surface area (Å²) in [6.07, 6.45) is 0.856. The van der Waals surface area contributed by atoms with Crippen molar-refractivity contribution < 1.29 is 14.3 Å². The number of piperazine rings is 1. The molecule has 5 heteroatoms. The number of nitrogens with one attached hydrogen (secondary N) is 1. The van der Waals surface area contributed by atoms with Gasteiger partial charge in [0.05, 0.1) is 6.61 Å². The summed E-state index contributed by atoms with van der Waals surface area (Å²) in [6.45, 7) is 13.3. The molecule has 1 heterocycles. The lowest BCUT2D eigenvalue weighted by atomic mass is 9.89. The second-order valence-corrected chi connectivity index (χ2v) is 6.91. The third-order valence-electron chi connectivity index (χ3n) is 3.95. The average molecular weight is 298 g/mol. The van der Waals surface area contributed by atoms with Crippen LogP contribution in [-0.2, 0) is 14.3 Å². The van der Waals surface area contributed by atoms with Gasteiger partial charge in [-0.1, -0.05) is 34.1 Å². The van der Waals surface area contributed by atoms with Crippen LogP contribution < -0.4 is 5.32 Å². The summed E-state index contributed by atoms with van der Waals surface area (Å²) in [5, 5.41) is 2.84. The van der Waals surface area contributed by atoms with Crippen molar-refractivity contribution in [3.8, 4) is 0 Å². The van der Waals surface area contributed by atoms with Crippen molar-refractivity contribution in [2.75, 3.05) is 19.8 Å². The Bertz CT molecular complexity index is 380. The molecular weight excluding hydrogens is 268 g/mol. The molecule has 1 fully saturated rings. The van der Waals surface area contributed by atoms with Crippen molar-refractivity contribution in [2.45, 2.75) is 59.5 Å². The van der Waals surface area contributed by atoms with Crippen LogP contribution in [0.3, 0.4) is 0 Å². The zero-order chi connectivity index (χ0) is 16.2. The van der Waals surface area contributed by atoms with Crippen LogP contribution in [0.25, 0.3) is 0 Å². The van der Waals surface area contributed by atoms with E-state index in [2.05, 4.69) is 19.2 Å². The molecule has 1 aliphatic rings. The molecule has 2 unspecified atom stereocenters. The van der Waals surface area contributed by atoms with Gasteiger partial charge in [-0.25, -0.2) is 0 Å². The smallest absolute Gasteiger partial charge is 0.248 e. The largest absolute Gasteiger partial charge is 0.379 e. The maximum absolute atomic E-state index is 12.6. The minimum absolute atomic E-state index is 0.0273. The first-order valence-electron chi connectivity index (χ1n) is 7.91. The molecule has 0 radical (unpaired) electrons. The fraction of sp³-hybridized carbons (Fsp3) is 0.875. The molecule has 122 valence electrons. The maximum atomic E-state index is 12.6. The van der Waals surface area contributed by atoms with E-state index in [1.165, 1.54) is 0 Å². The third kappa shape index (κ3) is 4.43. The monoisotopic (exact) mass is 298 g/mol. The average Bonchev–Trinajstić information content (AvgIpc) is 2.38. The van der Waals surface area contributed by atoms with E-state index in [9.17, 15) is 9.59 Å². The topological polar surface area (TPSA) is 58.6 Å². The van der Waals surface area contributed by atoms with Crippen molar-refractivity contribution in [3.63, 3.8) is 0 Å². The Balaban J connectivity index is 2.79. The molecule has 1 saturated heterocycles. The Morgan fingerprint density at radius 3 is 2.43 bits per heavy atom. The van der Waals surface area contributed by atoms with Crippen LogP contribution in [-0.4, -0.2) is 48.1 Å². The lowest BCUT2D eigenvalue weighted by Crippen LogP contribution is -2.69. The first kappa shape index (κ1) is 18.0. The van der Waals surface area contributed by atoms with Gasteiger partial charge in [0.25, 0.3) is 0 Å². The minimum Gasteiger partial charge on any atom is -0.379 e.